The third-order valence-electron chi connectivity index (χ3n) is 5.70. The zero-order chi connectivity index (χ0) is 24.4. The van der Waals surface area contributed by atoms with Crippen molar-refractivity contribution in [3.8, 4) is 0 Å². The highest BCUT2D eigenvalue weighted by Crippen LogP contribution is 2.37. The van der Waals surface area contributed by atoms with Crippen LogP contribution in [0.5, 0.6) is 0 Å². The summed E-state index contributed by atoms with van der Waals surface area (Å²) in [6.07, 6.45) is 0. The lowest BCUT2D eigenvalue weighted by Gasteiger charge is -2.28. The number of hydrogen-bond acceptors (Lipinski definition) is 8. The zero-order valence-corrected chi connectivity index (χ0v) is 20.9. The number of halogens is 1. The first-order valence-electron chi connectivity index (χ1n) is 10.9. The smallest absolute Gasteiger partial charge is 0.293 e. The van der Waals surface area contributed by atoms with Crippen molar-refractivity contribution in [3.63, 3.8) is 0 Å². The fraction of sp³-hybridized carbons (Fsp3) is 0.391. The van der Waals surface area contributed by atoms with Gasteiger partial charge in [0.25, 0.3) is 11.6 Å². The molecule has 0 N–H and O–H groups in total. The highest BCUT2D eigenvalue weighted by molar-refractivity contribution is 7.23. The number of benzene rings is 2. The lowest BCUT2D eigenvalue weighted by Crippen LogP contribution is -2.37. The van der Waals surface area contributed by atoms with Gasteiger partial charge in [-0.05, 0) is 44.8 Å². The molecule has 1 saturated heterocycles. The molecule has 0 saturated carbocycles. The number of aryl methyl sites for hydroxylation is 1. The predicted octanol–water partition coefficient (Wildman–Crippen LogP) is 4.21. The summed E-state index contributed by atoms with van der Waals surface area (Å²) >= 11 is 7.73. The van der Waals surface area contributed by atoms with Crippen LogP contribution in [0.3, 0.4) is 0 Å². The second kappa shape index (κ2) is 10.2. The normalized spacial score (nSPS) is 14.1. The maximum absolute atomic E-state index is 13.7. The fourth-order valence-electron chi connectivity index (χ4n) is 3.82. The number of ether oxygens (including phenoxy) is 1. The van der Waals surface area contributed by atoms with E-state index in [-0.39, 0.29) is 17.2 Å². The number of aromatic nitrogens is 1. The third-order valence-corrected chi connectivity index (χ3v) is 7.24. The molecule has 11 heteroatoms. The molecule has 4 rings (SSSR count). The molecular weight excluding hydrogens is 478 g/mol. The van der Waals surface area contributed by atoms with Crippen LogP contribution >= 0.6 is 22.9 Å². The van der Waals surface area contributed by atoms with Gasteiger partial charge in [0, 0.05) is 37.8 Å². The molecular formula is C23H26ClN5O4S. The van der Waals surface area contributed by atoms with Gasteiger partial charge >= 0.3 is 0 Å². The quantitative estimate of drug-likeness (QED) is 0.352. The van der Waals surface area contributed by atoms with Crippen molar-refractivity contribution >= 4 is 55.6 Å². The minimum absolute atomic E-state index is 0.0940. The summed E-state index contributed by atoms with van der Waals surface area (Å²) in [7, 11) is 3.84. The first kappa shape index (κ1) is 24.3. The van der Waals surface area contributed by atoms with Gasteiger partial charge in [-0.1, -0.05) is 29.0 Å². The number of nitro groups is 1. The van der Waals surface area contributed by atoms with E-state index in [2.05, 4.69) is 0 Å². The van der Waals surface area contributed by atoms with Crippen LogP contribution in [0.25, 0.3) is 10.2 Å². The van der Waals surface area contributed by atoms with Crippen molar-refractivity contribution in [3.05, 3.63) is 56.6 Å². The Balaban J connectivity index is 1.73. The lowest BCUT2D eigenvalue weighted by atomic mass is 10.1. The van der Waals surface area contributed by atoms with E-state index in [4.69, 9.17) is 21.3 Å². The van der Waals surface area contributed by atoms with Crippen molar-refractivity contribution in [2.75, 3.05) is 63.3 Å². The van der Waals surface area contributed by atoms with Crippen LogP contribution in [0.15, 0.2) is 30.3 Å². The number of anilines is 2. The molecule has 0 unspecified atom stereocenters. The van der Waals surface area contributed by atoms with Crippen molar-refractivity contribution in [2.24, 2.45) is 0 Å². The largest absolute Gasteiger partial charge is 0.378 e. The second-order valence-electron chi connectivity index (χ2n) is 8.36. The molecule has 3 aromatic rings. The number of rotatable bonds is 7. The monoisotopic (exact) mass is 503 g/mol. The molecule has 1 amide bonds. The Bertz CT molecular complexity index is 1190. The molecule has 0 spiro atoms. The first-order valence-corrected chi connectivity index (χ1v) is 12.1. The summed E-state index contributed by atoms with van der Waals surface area (Å²) in [6.45, 7) is 5.07. The highest BCUT2D eigenvalue weighted by Gasteiger charge is 2.27. The van der Waals surface area contributed by atoms with Crippen LogP contribution in [-0.4, -0.2) is 74.2 Å². The predicted molar refractivity (Wildman–Crippen MR) is 136 cm³/mol. The summed E-state index contributed by atoms with van der Waals surface area (Å²) in [5.74, 6) is -0.341. The number of amides is 1. The Kier molecular flexibility index (Phi) is 7.32. The van der Waals surface area contributed by atoms with Gasteiger partial charge in [-0.25, -0.2) is 4.98 Å². The number of likely N-dealkylation sites (N-methyl/N-ethyl adjacent to an activating group) is 1. The summed E-state index contributed by atoms with van der Waals surface area (Å²) < 4.78 is 6.17. The fourth-order valence-corrected chi connectivity index (χ4v) is 5.16. The number of nitro benzene ring substituents is 1. The topological polar surface area (TPSA) is 92.0 Å². The molecule has 1 aromatic heterocycles. The van der Waals surface area contributed by atoms with Crippen LogP contribution in [0.4, 0.5) is 16.5 Å². The maximum Gasteiger partial charge on any atom is 0.293 e. The summed E-state index contributed by atoms with van der Waals surface area (Å²) in [5, 5.41) is 13.0. The SMILES string of the molecule is Cc1ccc(Cl)c2sc(N(CCN(C)C)C(=O)c3ccc(N4CCOCC4)c([N+](=O)[O-])c3)nc12. The number of fused-ring (bicyclic) bond motifs is 1. The Morgan fingerprint density at radius 1 is 1.24 bits per heavy atom. The zero-order valence-electron chi connectivity index (χ0n) is 19.3. The average Bonchev–Trinajstić information content (AvgIpc) is 3.28. The number of thiazole rings is 1. The van der Waals surface area contributed by atoms with Crippen molar-refractivity contribution in [2.45, 2.75) is 6.92 Å². The van der Waals surface area contributed by atoms with Crippen LogP contribution in [0, 0.1) is 17.0 Å². The summed E-state index contributed by atoms with van der Waals surface area (Å²) in [5.41, 5.74) is 2.36. The molecule has 0 aliphatic carbocycles. The van der Waals surface area contributed by atoms with Gasteiger partial charge in [0.2, 0.25) is 0 Å². The number of hydrogen-bond donors (Lipinski definition) is 0. The maximum atomic E-state index is 13.7. The van der Waals surface area contributed by atoms with E-state index in [1.165, 1.54) is 17.4 Å². The molecule has 34 heavy (non-hydrogen) atoms. The first-order chi connectivity index (χ1) is 16.3. The van der Waals surface area contributed by atoms with Crippen LogP contribution in [-0.2, 0) is 4.74 Å². The van der Waals surface area contributed by atoms with Gasteiger partial charge in [-0.3, -0.25) is 19.8 Å². The number of nitrogens with zero attached hydrogens (tertiary/aromatic N) is 5. The Morgan fingerprint density at radius 2 is 1.97 bits per heavy atom. The molecule has 2 aromatic carbocycles. The average molecular weight is 504 g/mol. The molecule has 1 aliphatic heterocycles. The molecule has 9 nitrogen and oxygen atoms in total. The van der Waals surface area contributed by atoms with E-state index in [0.29, 0.717) is 55.2 Å². The third kappa shape index (κ3) is 5.00. The Labute approximate surface area is 206 Å². The van der Waals surface area contributed by atoms with Crippen molar-refractivity contribution in [1.82, 2.24) is 9.88 Å². The highest BCUT2D eigenvalue weighted by atomic mass is 35.5. The molecule has 1 aliphatic rings. The molecule has 180 valence electrons. The number of carbonyl (C=O) groups excluding carboxylic acids is 1. The van der Waals surface area contributed by atoms with Crippen molar-refractivity contribution < 1.29 is 14.5 Å². The van der Waals surface area contributed by atoms with Crippen LogP contribution < -0.4 is 9.80 Å². The molecule has 0 atom stereocenters. The lowest BCUT2D eigenvalue weighted by molar-refractivity contribution is -0.384. The second-order valence-corrected chi connectivity index (χ2v) is 9.74. The standard InChI is InChI=1S/C23H26ClN5O4S/c1-15-4-6-17(24)21-20(15)25-23(34-21)28(9-8-26(2)3)22(30)16-5-7-18(19(14-16)29(31)32)27-10-12-33-13-11-27/h4-7,14H,8-13H2,1-3H3. The molecule has 0 radical (unpaired) electrons. The van der Waals surface area contributed by atoms with Crippen LogP contribution in [0.1, 0.15) is 15.9 Å². The Morgan fingerprint density at radius 3 is 2.62 bits per heavy atom. The Hall–Kier alpha value is -2.79. The van der Waals surface area contributed by atoms with Gasteiger partial charge < -0.3 is 14.5 Å². The summed E-state index contributed by atoms with van der Waals surface area (Å²) in [6, 6.07) is 8.38. The van der Waals surface area contributed by atoms with E-state index in [1.54, 1.807) is 17.0 Å². The minimum Gasteiger partial charge on any atom is -0.378 e. The van der Waals surface area contributed by atoms with Gasteiger partial charge in [0.05, 0.1) is 33.4 Å². The number of carbonyl (C=O) groups is 1. The van der Waals surface area contributed by atoms with E-state index in [1.807, 2.05) is 43.0 Å². The summed E-state index contributed by atoms with van der Waals surface area (Å²) in [4.78, 5) is 35.3. The minimum atomic E-state index is -0.438. The molecule has 2 heterocycles. The van der Waals surface area contributed by atoms with E-state index >= 15 is 0 Å². The molecule has 0 bridgehead atoms. The number of morpholine rings is 1. The van der Waals surface area contributed by atoms with E-state index in [9.17, 15) is 14.9 Å². The van der Waals surface area contributed by atoms with Gasteiger partial charge in [-0.2, -0.15) is 0 Å². The van der Waals surface area contributed by atoms with Gasteiger partial charge in [-0.15, -0.1) is 0 Å². The van der Waals surface area contributed by atoms with Gasteiger partial charge in [0.1, 0.15) is 5.69 Å². The van der Waals surface area contributed by atoms with E-state index < -0.39 is 4.92 Å². The van der Waals surface area contributed by atoms with Crippen molar-refractivity contribution in [1.29, 1.82) is 0 Å². The van der Waals surface area contributed by atoms with Gasteiger partial charge in [0.15, 0.2) is 5.13 Å². The van der Waals surface area contributed by atoms with E-state index in [0.717, 1.165) is 15.8 Å². The van der Waals surface area contributed by atoms with Crippen LogP contribution in [0.2, 0.25) is 5.02 Å². The molecule has 1 fully saturated rings.